The largest absolute Gasteiger partial charge is 0.462 e. The normalized spacial score (nSPS) is 12.7. The van der Waals surface area contributed by atoms with Crippen LogP contribution in [0.15, 0.2) is 85.1 Å². The summed E-state index contributed by atoms with van der Waals surface area (Å²) in [4.78, 5) is 24.6. The molecule has 5 heteroatoms. The molecular formula is C69H122O5. The number of carbonyl (C=O) groups is 2. The number of aliphatic hydroxyl groups is 1. The van der Waals surface area contributed by atoms with Crippen molar-refractivity contribution in [1.29, 1.82) is 0 Å². The molecule has 0 aliphatic heterocycles. The number of carbonyl (C=O) groups excluding carboxylic acids is 2. The fourth-order valence-electron chi connectivity index (χ4n) is 9.38. The van der Waals surface area contributed by atoms with Crippen LogP contribution in [0.1, 0.15) is 322 Å². The molecule has 1 N–H and O–H groups in total. The monoisotopic (exact) mass is 1030 g/mol. The highest BCUT2D eigenvalue weighted by atomic mass is 16.6. The fourth-order valence-corrected chi connectivity index (χ4v) is 9.38. The highest BCUT2D eigenvalue weighted by Gasteiger charge is 2.16. The summed E-state index contributed by atoms with van der Waals surface area (Å²) in [7, 11) is 0. The number of aliphatic hydroxyl groups excluding tert-OH is 1. The summed E-state index contributed by atoms with van der Waals surface area (Å²) >= 11 is 0. The molecule has 0 aromatic carbocycles. The van der Waals surface area contributed by atoms with E-state index >= 15 is 0 Å². The fraction of sp³-hybridized carbons (Fsp3) is 0.768. The zero-order valence-corrected chi connectivity index (χ0v) is 49.1. The molecule has 1 unspecified atom stereocenters. The summed E-state index contributed by atoms with van der Waals surface area (Å²) in [6.45, 7) is 4.05. The number of hydrogen-bond donors (Lipinski definition) is 1. The Kier molecular flexibility index (Phi) is 61.8. The van der Waals surface area contributed by atoms with Gasteiger partial charge in [0.25, 0.3) is 0 Å². The summed E-state index contributed by atoms with van der Waals surface area (Å²) in [6.07, 6.45) is 90.1. The molecule has 74 heavy (non-hydrogen) atoms. The molecule has 0 fully saturated rings. The van der Waals surface area contributed by atoms with Crippen molar-refractivity contribution in [3.05, 3.63) is 85.1 Å². The highest BCUT2D eigenvalue weighted by molar-refractivity contribution is 5.70. The lowest BCUT2D eigenvalue weighted by molar-refractivity contribution is -0.161. The molecule has 0 aliphatic rings. The molecule has 0 saturated carbocycles. The Hall–Kier alpha value is -2.92. The average molecular weight is 1030 g/mol. The maximum absolute atomic E-state index is 12.3. The molecule has 0 bridgehead atoms. The van der Waals surface area contributed by atoms with E-state index in [1.165, 1.54) is 218 Å². The predicted molar refractivity (Wildman–Crippen MR) is 325 cm³/mol. The Morgan fingerprint density at radius 1 is 0.324 bits per heavy atom. The van der Waals surface area contributed by atoms with Crippen molar-refractivity contribution < 1.29 is 24.2 Å². The predicted octanol–water partition coefficient (Wildman–Crippen LogP) is 22.1. The minimum absolute atomic E-state index is 0.0655. The average Bonchev–Trinajstić information content (AvgIpc) is 3.40. The van der Waals surface area contributed by atoms with Gasteiger partial charge in [-0.05, 0) is 89.9 Å². The van der Waals surface area contributed by atoms with Crippen molar-refractivity contribution in [2.24, 2.45) is 0 Å². The van der Waals surface area contributed by atoms with Gasteiger partial charge in [0.15, 0.2) is 6.10 Å². The topological polar surface area (TPSA) is 72.8 Å². The molecule has 1 atom stereocenters. The summed E-state index contributed by atoms with van der Waals surface area (Å²) in [5.41, 5.74) is 0. The molecule has 0 amide bonds. The van der Waals surface area contributed by atoms with E-state index in [2.05, 4.69) is 98.9 Å². The van der Waals surface area contributed by atoms with Gasteiger partial charge in [0.05, 0.1) is 6.61 Å². The van der Waals surface area contributed by atoms with Crippen molar-refractivity contribution in [2.45, 2.75) is 328 Å². The van der Waals surface area contributed by atoms with Crippen LogP contribution in [-0.4, -0.2) is 36.4 Å². The van der Waals surface area contributed by atoms with Crippen LogP contribution in [0.3, 0.4) is 0 Å². The van der Waals surface area contributed by atoms with Gasteiger partial charge in [-0.25, -0.2) is 0 Å². The Morgan fingerprint density at radius 3 is 0.878 bits per heavy atom. The Balaban J connectivity index is 3.45. The SMILES string of the molecule is CC/C=C\C/C=C\C/C=C\C/C=C\CCCCCCCCCCCCCCCCCCCCC(=O)OC(CO)COC(=O)CCCCCCCCCCCCCCCC/C=C\C/C=C\C/C=C\CCCCCCC. The lowest BCUT2D eigenvalue weighted by Crippen LogP contribution is -2.28. The summed E-state index contributed by atoms with van der Waals surface area (Å²) < 4.78 is 10.7. The van der Waals surface area contributed by atoms with E-state index in [1.54, 1.807) is 0 Å². The number of rotatable bonds is 59. The van der Waals surface area contributed by atoms with Crippen LogP contribution < -0.4 is 0 Å². The first-order valence-electron chi connectivity index (χ1n) is 32.1. The number of hydrogen-bond acceptors (Lipinski definition) is 5. The number of esters is 2. The molecule has 0 rings (SSSR count). The first-order valence-corrected chi connectivity index (χ1v) is 32.1. The molecule has 0 aromatic rings. The molecular weight excluding hydrogens is 909 g/mol. The lowest BCUT2D eigenvalue weighted by Gasteiger charge is -2.15. The van der Waals surface area contributed by atoms with Crippen LogP contribution in [0, 0.1) is 0 Å². The molecule has 0 aromatic heterocycles. The third-order valence-electron chi connectivity index (χ3n) is 14.2. The van der Waals surface area contributed by atoms with Crippen LogP contribution in [0.5, 0.6) is 0 Å². The second-order valence-corrected chi connectivity index (χ2v) is 21.5. The Morgan fingerprint density at radius 2 is 0.581 bits per heavy atom. The molecule has 0 aliphatic carbocycles. The summed E-state index contributed by atoms with van der Waals surface area (Å²) in [5.74, 6) is -0.579. The van der Waals surface area contributed by atoms with Crippen LogP contribution >= 0.6 is 0 Å². The van der Waals surface area contributed by atoms with Crippen molar-refractivity contribution in [3.63, 3.8) is 0 Å². The van der Waals surface area contributed by atoms with E-state index in [4.69, 9.17) is 9.47 Å². The van der Waals surface area contributed by atoms with Gasteiger partial charge >= 0.3 is 11.9 Å². The van der Waals surface area contributed by atoms with E-state index in [-0.39, 0.29) is 25.2 Å². The van der Waals surface area contributed by atoms with Crippen LogP contribution in [0.4, 0.5) is 0 Å². The van der Waals surface area contributed by atoms with Gasteiger partial charge < -0.3 is 14.6 Å². The van der Waals surface area contributed by atoms with Crippen molar-refractivity contribution in [3.8, 4) is 0 Å². The quantitative estimate of drug-likeness (QED) is 0.0373. The zero-order chi connectivity index (χ0) is 53.4. The molecule has 5 nitrogen and oxygen atoms in total. The van der Waals surface area contributed by atoms with E-state index in [1.807, 2.05) is 0 Å². The third kappa shape index (κ3) is 61.6. The third-order valence-corrected chi connectivity index (χ3v) is 14.2. The number of unbranched alkanes of at least 4 members (excludes halogenated alkanes) is 37. The minimum Gasteiger partial charge on any atom is -0.462 e. The van der Waals surface area contributed by atoms with Gasteiger partial charge in [-0.15, -0.1) is 0 Å². The van der Waals surface area contributed by atoms with E-state index in [0.717, 1.165) is 77.0 Å². The first kappa shape index (κ1) is 71.1. The zero-order valence-electron chi connectivity index (χ0n) is 49.1. The Bertz CT molecular complexity index is 1350. The molecule has 0 saturated heterocycles. The van der Waals surface area contributed by atoms with Gasteiger partial charge in [0.2, 0.25) is 0 Å². The second-order valence-electron chi connectivity index (χ2n) is 21.5. The van der Waals surface area contributed by atoms with Gasteiger partial charge in [-0.2, -0.15) is 0 Å². The first-order chi connectivity index (χ1) is 36.6. The number of allylic oxidation sites excluding steroid dienone is 14. The van der Waals surface area contributed by atoms with Crippen LogP contribution in [0.2, 0.25) is 0 Å². The molecule has 428 valence electrons. The van der Waals surface area contributed by atoms with Crippen molar-refractivity contribution in [1.82, 2.24) is 0 Å². The maximum Gasteiger partial charge on any atom is 0.306 e. The summed E-state index contributed by atoms with van der Waals surface area (Å²) in [6, 6.07) is 0. The second kappa shape index (κ2) is 64.4. The van der Waals surface area contributed by atoms with Crippen LogP contribution in [-0.2, 0) is 19.1 Å². The van der Waals surface area contributed by atoms with Gasteiger partial charge in [-0.1, -0.05) is 304 Å². The number of ether oxygens (including phenoxy) is 2. The van der Waals surface area contributed by atoms with E-state index in [9.17, 15) is 14.7 Å². The highest BCUT2D eigenvalue weighted by Crippen LogP contribution is 2.17. The lowest BCUT2D eigenvalue weighted by atomic mass is 10.0. The Labute approximate surface area is 460 Å². The van der Waals surface area contributed by atoms with Crippen LogP contribution in [0.25, 0.3) is 0 Å². The van der Waals surface area contributed by atoms with Gasteiger partial charge in [0.1, 0.15) is 6.61 Å². The minimum atomic E-state index is -0.775. The smallest absolute Gasteiger partial charge is 0.306 e. The standard InChI is InChI=1S/C69H122O5/c1-3-5-7-9-11-13-15-17-19-21-23-25-27-29-31-33-34-36-38-40-42-44-46-48-50-52-54-56-58-60-62-64-69(72)74-67(65-70)66-73-68(71)63-61-59-57-55-53-51-49-47-45-43-41-39-37-35-32-30-28-26-24-22-20-18-16-14-12-10-8-6-4-2/h5,7,11,13,16-19,22-25,28,30,67,70H,3-4,6,8-10,12,14-15,20-21,26-27,29,31-66H2,1-2H3/b7-5-,13-11-,18-16-,19-17-,24-22-,25-23-,30-28-. The molecule has 0 spiro atoms. The van der Waals surface area contributed by atoms with Crippen molar-refractivity contribution in [2.75, 3.05) is 13.2 Å². The maximum atomic E-state index is 12.3. The van der Waals surface area contributed by atoms with Gasteiger partial charge in [-0.3, -0.25) is 9.59 Å². The summed E-state index contributed by atoms with van der Waals surface area (Å²) in [5, 5.41) is 9.69. The van der Waals surface area contributed by atoms with Crippen molar-refractivity contribution >= 4 is 11.9 Å². The molecule has 0 radical (unpaired) electrons. The van der Waals surface area contributed by atoms with E-state index < -0.39 is 6.10 Å². The molecule has 0 heterocycles. The van der Waals surface area contributed by atoms with Gasteiger partial charge in [0, 0.05) is 12.8 Å². The van der Waals surface area contributed by atoms with E-state index in [0.29, 0.717) is 12.8 Å².